The van der Waals surface area contributed by atoms with E-state index in [2.05, 4.69) is 10.2 Å². The molecule has 0 bridgehead atoms. The number of likely N-dealkylation sites (tertiary alicyclic amines) is 1. The van der Waals surface area contributed by atoms with E-state index in [4.69, 9.17) is 4.74 Å². The third kappa shape index (κ3) is 4.42. The molecule has 1 N–H and O–H groups in total. The number of nitrogens with one attached hydrogen (secondary N) is 1. The number of methoxy groups -OCH3 is 1. The van der Waals surface area contributed by atoms with Crippen LogP contribution < -0.4 is 5.32 Å². The molecule has 1 aliphatic carbocycles. The highest BCUT2D eigenvalue weighted by molar-refractivity contribution is 6.02. The quantitative estimate of drug-likeness (QED) is 0.718. The van der Waals surface area contributed by atoms with Gasteiger partial charge in [-0.25, -0.2) is 0 Å². The number of fused-ring (bicyclic) bond motifs is 1. The Bertz CT molecular complexity index is 526. The number of ether oxygens (including phenoxy) is 1. The lowest BCUT2D eigenvalue weighted by Gasteiger charge is -2.29. The Morgan fingerprint density at radius 2 is 2.00 bits per heavy atom. The number of hydrogen-bond acceptors (Lipinski definition) is 4. The molecule has 1 unspecified atom stereocenters. The first kappa shape index (κ1) is 18.4. The van der Waals surface area contributed by atoms with Crippen LogP contribution in [0.25, 0.3) is 0 Å². The minimum Gasteiger partial charge on any atom is -0.383 e. The van der Waals surface area contributed by atoms with Crippen LogP contribution in [-0.4, -0.2) is 74.1 Å². The van der Waals surface area contributed by atoms with Gasteiger partial charge in [0, 0.05) is 32.3 Å². The zero-order valence-electron chi connectivity index (χ0n) is 15.4. The molecule has 1 saturated heterocycles. The van der Waals surface area contributed by atoms with E-state index in [1.54, 1.807) is 7.11 Å². The Morgan fingerprint density at radius 3 is 2.76 bits per heavy atom. The van der Waals surface area contributed by atoms with E-state index in [1.807, 2.05) is 4.90 Å². The van der Waals surface area contributed by atoms with Crippen molar-refractivity contribution >= 4 is 11.8 Å². The zero-order chi connectivity index (χ0) is 17.6. The highest BCUT2D eigenvalue weighted by Gasteiger charge is 2.39. The SMILES string of the molecule is COCCN1C(=O)C(CC(=O)NCCN2CCCC2)=C2CCCCC21. The Balaban J connectivity index is 1.55. The van der Waals surface area contributed by atoms with Crippen LogP contribution in [0, 0.1) is 0 Å². The summed E-state index contributed by atoms with van der Waals surface area (Å²) >= 11 is 0. The third-order valence-corrected chi connectivity index (χ3v) is 5.68. The van der Waals surface area contributed by atoms with Crippen molar-refractivity contribution in [2.75, 3.05) is 46.4 Å². The summed E-state index contributed by atoms with van der Waals surface area (Å²) in [7, 11) is 1.66. The van der Waals surface area contributed by atoms with Gasteiger partial charge in [-0.1, -0.05) is 6.42 Å². The Morgan fingerprint density at radius 1 is 1.20 bits per heavy atom. The first-order valence-corrected chi connectivity index (χ1v) is 9.71. The van der Waals surface area contributed by atoms with Crippen LogP contribution in [0.15, 0.2) is 11.1 Å². The number of carbonyl (C=O) groups excluding carboxylic acids is 2. The van der Waals surface area contributed by atoms with Crippen molar-refractivity contribution in [1.29, 1.82) is 0 Å². The molecule has 0 aromatic rings. The van der Waals surface area contributed by atoms with Crippen LogP contribution >= 0.6 is 0 Å². The molecule has 1 saturated carbocycles. The van der Waals surface area contributed by atoms with E-state index >= 15 is 0 Å². The Hall–Kier alpha value is -1.40. The van der Waals surface area contributed by atoms with Gasteiger partial charge in [0.1, 0.15) is 0 Å². The number of amides is 2. The summed E-state index contributed by atoms with van der Waals surface area (Å²) in [6.45, 7) is 5.02. The lowest BCUT2D eigenvalue weighted by atomic mass is 9.88. The van der Waals surface area contributed by atoms with Crippen molar-refractivity contribution in [2.45, 2.75) is 51.0 Å². The first-order chi connectivity index (χ1) is 12.2. The molecule has 2 amide bonds. The van der Waals surface area contributed by atoms with E-state index < -0.39 is 0 Å². The summed E-state index contributed by atoms with van der Waals surface area (Å²) in [6.07, 6.45) is 7.00. The standard InChI is InChI=1S/C19H31N3O3/c1-25-13-12-22-17-7-3-2-6-15(17)16(19(22)24)14-18(23)20-8-11-21-9-4-5-10-21/h17H,2-14H2,1H3,(H,20,23). The van der Waals surface area contributed by atoms with E-state index in [-0.39, 0.29) is 24.3 Å². The van der Waals surface area contributed by atoms with Gasteiger partial charge in [-0.2, -0.15) is 0 Å². The number of carbonyl (C=O) groups is 2. The third-order valence-electron chi connectivity index (χ3n) is 5.68. The number of rotatable bonds is 8. The Kier molecular flexibility index (Phi) is 6.48. The van der Waals surface area contributed by atoms with Crippen molar-refractivity contribution in [3.8, 4) is 0 Å². The fourth-order valence-corrected chi connectivity index (χ4v) is 4.36. The molecular formula is C19H31N3O3. The van der Waals surface area contributed by atoms with Gasteiger partial charge in [-0.15, -0.1) is 0 Å². The molecule has 0 spiro atoms. The summed E-state index contributed by atoms with van der Waals surface area (Å²) in [5.41, 5.74) is 1.96. The second kappa shape index (κ2) is 8.81. The zero-order valence-corrected chi connectivity index (χ0v) is 15.4. The van der Waals surface area contributed by atoms with Crippen LogP contribution in [0.5, 0.6) is 0 Å². The smallest absolute Gasteiger partial charge is 0.250 e. The lowest BCUT2D eigenvalue weighted by molar-refractivity contribution is -0.129. The predicted octanol–water partition coefficient (Wildman–Crippen LogP) is 1.32. The molecule has 3 rings (SSSR count). The second-order valence-electron chi connectivity index (χ2n) is 7.33. The summed E-state index contributed by atoms with van der Waals surface area (Å²) in [6, 6.07) is 0.198. The maximum Gasteiger partial charge on any atom is 0.250 e. The summed E-state index contributed by atoms with van der Waals surface area (Å²) in [5, 5.41) is 3.00. The summed E-state index contributed by atoms with van der Waals surface area (Å²) in [5.74, 6) is 0.0293. The van der Waals surface area contributed by atoms with Crippen molar-refractivity contribution in [3.63, 3.8) is 0 Å². The highest BCUT2D eigenvalue weighted by atomic mass is 16.5. The molecule has 3 aliphatic rings. The van der Waals surface area contributed by atoms with Gasteiger partial charge < -0.3 is 19.9 Å². The Labute approximate surface area is 150 Å². The topological polar surface area (TPSA) is 61.9 Å². The van der Waals surface area contributed by atoms with E-state index in [1.165, 1.54) is 18.4 Å². The predicted molar refractivity (Wildman–Crippen MR) is 96.2 cm³/mol. The molecular weight excluding hydrogens is 318 g/mol. The normalized spacial score (nSPS) is 24.1. The molecule has 1 atom stereocenters. The molecule has 25 heavy (non-hydrogen) atoms. The van der Waals surface area contributed by atoms with E-state index in [0.29, 0.717) is 19.7 Å². The largest absolute Gasteiger partial charge is 0.383 e. The molecule has 2 aliphatic heterocycles. The van der Waals surface area contributed by atoms with Crippen LogP contribution in [-0.2, 0) is 14.3 Å². The van der Waals surface area contributed by atoms with E-state index in [0.717, 1.165) is 50.9 Å². The molecule has 6 heteroatoms. The molecule has 0 aromatic carbocycles. The minimum atomic E-state index is -0.0204. The monoisotopic (exact) mass is 349 g/mol. The fraction of sp³-hybridized carbons (Fsp3) is 0.789. The van der Waals surface area contributed by atoms with Crippen LogP contribution in [0.2, 0.25) is 0 Å². The maximum absolute atomic E-state index is 12.8. The molecule has 6 nitrogen and oxygen atoms in total. The van der Waals surface area contributed by atoms with Crippen molar-refractivity contribution in [1.82, 2.24) is 15.1 Å². The molecule has 2 heterocycles. The summed E-state index contributed by atoms with van der Waals surface area (Å²) < 4.78 is 5.15. The maximum atomic E-state index is 12.8. The van der Waals surface area contributed by atoms with Gasteiger partial charge in [-0.3, -0.25) is 9.59 Å². The van der Waals surface area contributed by atoms with Gasteiger partial charge >= 0.3 is 0 Å². The van der Waals surface area contributed by atoms with Crippen LogP contribution in [0.3, 0.4) is 0 Å². The second-order valence-corrected chi connectivity index (χ2v) is 7.33. The van der Waals surface area contributed by atoms with Crippen LogP contribution in [0.1, 0.15) is 44.9 Å². The van der Waals surface area contributed by atoms with Crippen molar-refractivity contribution < 1.29 is 14.3 Å². The van der Waals surface area contributed by atoms with Gasteiger partial charge in [0.2, 0.25) is 5.91 Å². The molecule has 0 radical (unpaired) electrons. The van der Waals surface area contributed by atoms with Gasteiger partial charge in [0.05, 0.1) is 19.1 Å². The number of nitrogens with zero attached hydrogens (tertiary/aromatic N) is 2. The summed E-state index contributed by atoms with van der Waals surface area (Å²) in [4.78, 5) is 29.5. The highest BCUT2D eigenvalue weighted by Crippen LogP contribution is 2.37. The number of hydrogen-bond donors (Lipinski definition) is 1. The van der Waals surface area contributed by atoms with E-state index in [9.17, 15) is 9.59 Å². The minimum absolute atomic E-state index is 0.0204. The van der Waals surface area contributed by atoms with Gasteiger partial charge in [0.25, 0.3) is 5.91 Å². The molecule has 140 valence electrons. The average Bonchev–Trinajstić information content (AvgIpc) is 3.21. The average molecular weight is 349 g/mol. The lowest BCUT2D eigenvalue weighted by Crippen LogP contribution is -2.39. The molecule has 0 aromatic heterocycles. The molecule has 2 fully saturated rings. The van der Waals surface area contributed by atoms with Gasteiger partial charge in [0.15, 0.2) is 0 Å². The van der Waals surface area contributed by atoms with Gasteiger partial charge in [-0.05, 0) is 50.8 Å². The van der Waals surface area contributed by atoms with Crippen molar-refractivity contribution in [2.24, 2.45) is 0 Å². The van der Waals surface area contributed by atoms with Crippen LogP contribution in [0.4, 0.5) is 0 Å². The first-order valence-electron chi connectivity index (χ1n) is 9.71. The van der Waals surface area contributed by atoms with Crippen molar-refractivity contribution in [3.05, 3.63) is 11.1 Å². The fourth-order valence-electron chi connectivity index (χ4n) is 4.36.